The normalized spacial score (nSPS) is 15.5. The molecule has 1 unspecified atom stereocenters. The first-order chi connectivity index (χ1) is 13.5. The molecule has 2 aromatic heterocycles. The van der Waals surface area contributed by atoms with Crippen LogP contribution in [0.15, 0.2) is 35.3 Å². The number of rotatable bonds is 5. The summed E-state index contributed by atoms with van der Waals surface area (Å²) in [4.78, 5) is 17.4. The van der Waals surface area contributed by atoms with Crippen molar-refractivity contribution in [2.45, 2.75) is 39.2 Å². The van der Waals surface area contributed by atoms with E-state index >= 15 is 0 Å². The zero-order chi connectivity index (χ0) is 19.8. The number of carbonyl (C=O) groups is 1. The Labute approximate surface area is 171 Å². The van der Waals surface area contributed by atoms with Gasteiger partial charge in [-0.1, -0.05) is 30.7 Å². The predicted molar refractivity (Wildman–Crippen MR) is 110 cm³/mol. The lowest BCUT2D eigenvalue weighted by Gasteiger charge is -2.11. The summed E-state index contributed by atoms with van der Waals surface area (Å²) in [5, 5.41) is 19.5. The second-order valence-electron chi connectivity index (χ2n) is 6.66. The Morgan fingerprint density at radius 2 is 2.04 bits per heavy atom. The molecule has 1 N–H and O–H groups in total. The smallest absolute Gasteiger partial charge is 0.303 e. The summed E-state index contributed by atoms with van der Waals surface area (Å²) in [7, 11) is 0. The van der Waals surface area contributed by atoms with Crippen LogP contribution in [0.2, 0.25) is 5.02 Å². The molecular weight excluding hydrogens is 396 g/mol. The number of aromatic nitrogens is 3. The first kappa shape index (κ1) is 18.8. The van der Waals surface area contributed by atoms with Gasteiger partial charge in [-0.25, -0.2) is 0 Å². The van der Waals surface area contributed by atoms with Crippen LogP contribution >= 0.6 is 22.9 Å². The van der Waals surface area contributed by atoms with Gasteiger partial charge in [0.25, 0.3) is 0 Å². The van der Waals surface area contributed by atoms with E-state index in [2.05, 4.69) is 23.2 Å². The second-order valence-corrected chi connectivity index (χ2v) is 8.21. The Morgan fingerprint density at radius 1 is 1.29 bits per heavy atom. The van der Waals surface area contributed by atoms with Gasteiger partial charge < -0.3 is 5.11 Å². The molecule has 0 aliphatic carbocycles. The van der Waals surface area contributed by atoms with Gasteiger partial charge in [-0.3, -0.25) is 14.4 Å². The van der Waals surface area contributed by atoms with Gasteiger partial charge in [0.1, 0.15) is 16.9 Å². The van der Waals surface area contributed by atoms with Crippen LogP contribution in [0.3, 0.4) is 0 Å². The topological polar surface area (TPSA) is 80.4 Å². The molecule has 0 bridgehead atoms. The number of aryl methyl sites for hydroxylation is 2. The fourth-order valence-corrected chi connectivity index (χ4v) is 4.64. The van der Waals surface area contributed by atoms with Crippen LogP contribution in [0.5, 0.6) is 0 Å². The Bertz CT molecular complexity index is 1070. The van der Waals surface area contributed by atoms with Crippen molar-refractivity contribution in [1.82, 2.24) is 14.8 Å². The minimum absolute atomic E-state index is 0.0157. The van der Waals surface area contributed by atoms with E-state index in [1.54, 1.807) is 11.3 Å². The monoisotopic (exact) mass is 414 g/mol. The zero-order valence-corrected chi connectivity index (χ0v) is 17.1. The quantitative estimate of drug-likeness (QED) is 0.661. The lowest BCUT2D eigenvalue weighted by molar-refractivity contribution is -0.137. The van der Waals surface area contributed by atoms with Crippen LogP contribution in [0.25, 0.3) is 5.00 Å². The molecule has 1 aliphatic heterocycles. The number of hydrogen-bond acceptors (Lipinski definition) is 5. The highest BCUT2D eigenvalue weighted by molar-refractivity contribution is 7.15. The van der Waals surface area contributed by atoms with Crippen LogP contribution in [0, 0.1) is 6.92 Å². The maximum Gasteiger partial charge on any atom is 0.303 e. The number of carboxylic acids is 1. The maximum absolute atomic E-state index is 11.2. The molecule has 1 atom stereocenters. The van der Waals surface area contributed by atoms with Crippen LogP contribution < -0.4 is 0 Å². The van der Waals surface area contributed by atoms with Crippen LogP contribution in [0.4, 0.5) is 0 Å². The van der Waals surface area contributed by atoms with E-state index in [9.17, 15) is 9.90 Å². The summed E-state index contributed by atoms with van der Waals surface area (Å²) in [5.74, 6) is 0.611. The molecule has 0 spiro atoms. The first-order valence-corrected chi connectivity index (χ1v) is 10.3. The van der Waals surface area contributed by atoms with Crippen molar-refractivity contribution >= 4 is 34.6 Å². The van der Waals surface area contributed by atoms with Gasteiger partial charge in [0.05, 0.1) is 5.71 Å². The molecule has 3 heterocycles. The second kappa shape index (κ2) is 7.48. The lowest BCUT2D eigenvalue weighted by Crippen LogP contribution is -2.08. The number of aliphatic carboxylic acids is 1. The Hall–Kier alpha value is -2.51. The van der Waals surface area contributed by atoms with Gasteiger partial charge in [-0.05, 0) is 38.0 Å². The van der Waals surface area contributed by atoms with Gasteiger partial charge in [0.15, 0.2) is 5.82 Å². The predicted octanol–water partition coefficient (Wildman–Crippen LogP) is 4.61. The molecule has 3 aromatic rings. The van der Waals surface area contributed by atoms with Gasteiger partial charge in [-0.2, -0.15) is 0 Å². The van der Waals surface area contributed by atoms with E-state index in [0.29, 0.717) is 17.3 Å². The Morgan fingerprint density at radius 3 is 2.71 bits per heavy atom. The average molecular weight is 415 g/mol. The van der Waals surface area contributed by atoms with E-state index in [0.717, 1.165) is 34.1 Å². The molecule has 1 aliphatic rings. The standard InChI is InChI=1S/C20H19ClN4O2S/c1-3-14-10-15-18(12-4-6-13(21)7-5-12)22-16(8-9-17(26)27)19-24-23-11(2)25(19)20(15)28-14/h4-7,10,16H,3,8-9H2,1-2H3,(H,26,27). The average Bonchev–Trinajstić information content (AvgIpc) is 3.23. The molecule has 8 heteroatoms. The Kier molecular flexibility index (Phi) is 5.03. The van der Waals surface area contributed by atoms with Crippen LogP contribution in [-0.4, -0.2) is 31.6 Å². The number of aliphatic imine (C=N–C) groups is 1. The van der Waals surface area contributed by atoms with Gasteiger partial charge in [0.2, 0.25) is 0 Å². The summed E-state index contributed by atoms with van der Waals surface area (Å²) >= 11 is 7.77. The van der Waals surface area contributed by atoms with Crippen LogP contribution in [-0.2, 0) is 11.2 Å². The SMILES string of the molecule is CCc1cc2c(s1)-n1c(C)nnc1C(CCC(=O)O)N=C2c1ccc(Cl)cc1. The van der Waals surface area contributed by atoms with Gasteiger partial charge in [-0.15, -0.1) is 21.5 Å². The fraction of sp³-hybridized carbons (Fsp3) is 0.300. The number of fused-ring (bicyclic) bond motifs is 3. The van der Waals surface area contributed by atoms with Crippen molar-refractivity contribution in [3.05, 3.63) is 63.0 Å². The zero-order valence-electron chi connectivity index (χ0n) is 15.5. The highest BCUT2D eigenvalue weighted by Gasteiger charge is 2.30. The third kappa shape index (κ3) is 3.36. The third-order valence-electron chi connectivity index (χ3n) is 4.75. The summed E-state index contributed by atoms with van der Waals surface area (Å²) in [6.07, 6.45) is 1.30. The van der Waals surface area contributed by atoms with E-state index in [1.165, 1.54) is 4.88 Å². The minimum atomic E-state index is -0.849. The van der Waals surface area contributed by atoms with Gasteiger partial charge >= 0.3 is 5.97 Å². The van der Waals surface area contributed by atoms with Crippen molar-refractivity contribution in [3.8, 4) is 5.00 Å². The molecule has 4 rings (SSSR count). The number of hydrogen-bond donors (Lipinski definition) is 1. The molecule has 0 radical (unpaired) electrons. The molecule has 0 saturated carbocycles. The minimum Gasteiger partial charge on any atom is -0.481 e. The van der Waals surface area contributed by atoms with E-state index in [1.807, 2.05) is 35.8 Å². The number of nitrogens with zero attached hydrogens (tertiary/aromatic N) is 4. The largest absolute Gasteiger partial charge is 0.481 e. The molecule has 1 aromatic carbocycles. The molecule has 0 amide bonds. The van der Waals surface area contributed by atoms with E-state index in [-0.39, 0.29) is 12.5 Å². The van der Waals surface area contributed by atoms with E-state index < -0.39 is 5.97 Å². The summed E-state index contributed by atoms with van der Waals surface area (Å²) in [6, 6.07) is 9.36. The molecular formula is C20H19ClN4O2S. The number of halogens is 1. The van der Waals surface area contributed by atoms with E-state index in [4.69, 9.17) is 16.6 Å². The summed E-state index contributed by atoms with van der Waals surface area (Å²) in [6.45, 7) is 4.03. The van der Waals surface area contributed by atoms with Crippen molar-refractivity contribution in [2.75, 3.05) is 0 Å². The fourth-order valence-electron chi connectivity index (χ4n) is 3.36. The Balaban J connectivity index is 1.94. The lowest BCUT2D eigenvalue weighted by atomic mass is 10.0. The summed E-state index contributed by atoms with van der Waals surface area (Å²) in [5.41, 5.74) is 2.80. The van der Waals surface area contributed by atoms with Crippen molar-refractivity contribution in [3.63, 3.8) is 0 Å². The number of carboxylic acid groups (broad SMARTS) is 1. The van der Waals surface area contributed by atoms with Crippen molar-refractivity contribution in [2.24, 2.45) is 4.99 Å². The van der Waals surface area contributed by atoms with Crippen molar-refractivity contribution in [1.29, 1.82) is 0 Å². The van der Waals surface area contributed by atoms with Crippen LogP contribution in [0.1, 0.15) is 53.5 Å². The molecule has 0 saturated heterocycles. The van der Waals surface area contributed by atoms with Gasteiger partial charge in [0, 0.05) is 27.4 Å². The molecule has 6 nitrogen and oxygen atoms in total. The molecule has 28 heavy (non-hydrogen) atoms. The summed E-state index contributed by atoms with van der Waals surface area (Å²) < 4.78 is 2.03. The number of thiophene rings is 1. The molecule has 144 valence electrons. The highest BCUT2D eigenvalue weighted by Crippen LogP contribution is 2.37. The van der Waals surface area contributed by atoms with Crippen molar-refractivity contribution < 1.29 is 9.90 Å². The maximum atomic E-state index is 11.2. The third-order valence-corrected chi connectivity index (χ3v) is 6.27. The highest BCUT2D eigenvalue weighted by atomic mass is 35.5. The number of benzene rings is 1. The first-order valence-electron chi connectivity index (χ1n) is 9.08. The molecule has 0 fully saturated rings.